The maximum Gasteiger partial charge on any atom is 0.248 e. The van der Waals surface area contributed by atoms with Gasteiger partial charge in [-0.15, -0.1) is 0 Å². The van der Waals surface area contributed by atoms with E-state index in [4.69, 9.17) is 14.2 Å². The Morgan fingerprint density at radius 2 is 1.84 bits per heavy atom. The van der Waals surface area contributed by atoms with E-state index in [1.807, 2.05) is 0 Å². The molecule has 0 aliphatic carbocycles. The van der Waals surface area contributed by atoms with Gasteiger partial charge >= 0.3 is 0 Å². The molecule has 164 valence electrons. The number of carbonyl (C=O) groups excluding carboxylic acids is 1. The molecule has 1 saturated heterocycles. The molecule has 2 aliphatic rings. The van der Waals surface area contributed by atoms with E-state index in [2.05, 4.69) is 5.32 Å². The molecule has 0 aromatic heterocycles. The SMILES string of the molecule is COc1ccc(/C=C/C(=O)Nc2ccc3c(c2)OCO3)cc1S(=O)(=O)N1CCCCC1. The molecule has 1 N–H and O–H groups in total. The van der Waals surface area contributed by atoms with Gasteiger partial charge in [-0.05, 0) is 48.7 Å². The minimum atomic E-state index is -3.67. The Morgan fingerprint density at radius 1 is 1.06 bits per heavy atom. The van der Waals surface area contributed by atoms with Crippen LogP contribution in [0.5, 0.6) is 17.2 Å². The van der Waals surface area contributed by atoms with Crippen molar-refractivity contribution < 1.29 is 27.4 Å². The fourth-order valence-corrected chi connectivity index (χ4v) is 5.28. The van der Waals surface area contributed by atoms with Crippen LogP contribution in [0.3, 0.4) is 0 Å². The molecule has 1 amide bonds. The smallest absolute Gasteiger partial charge is 0.248 e. The number of hydrogen-bond donors (Lipinski definition) is 1. The third kappa shape index (κ3) is 4.67. The number of fused-ring (bicyclic) bond motifs is 1. The Kier molecular flexibility index (Phi) is 6.15. The van der Waals surface area contributed by atoms with Gasteiger partial charge in [0.1, 0.15) is 10.6 Å². The summed E-state index contributed by atoms with van der Waals surface area (Å²) in [4.78, 5) is 12.4. The van der Waals surface area contributed by atoms with Gasteiger partial charge < -0.3 is 19.5 Å². The van der Waals surface area contributed by atoms with Crippen molar-refractivity contribution in [3.8, 4) is 17.2 Å². The molecular weight excluding hydrogens is 420 g/mol. The minimum absolute atomic E-state index is 0.107. The maximum atomic E-state index is 13.1. The van der Waals surface area contributed by atoms with Crippen LogP contribution >= 0.6 is 0 Å². The highest BCUT2D eigenvalue weighted by Crippen LogP contribution is 2.34. The number of methoxy groups -OCH3 is 1. The number of rotatable bonds is 6. The predicted octanol–water partition coefficient (Wildman–Crippen LogP) is 3.25. The fourth-order valence-electron chi connectivity index (χ4n) is 3.57. The van der Waals surface area contributed by atoms with Gasteiger partial charge in [0.25, 0.3) is 0 Å². The minimum Gasteiger partial charge on any atom is -0.495 e. The summed E-state index contributed by atoms with van der Waals surface area (Å²) in [5, 5.41) is 2.75. The first-order valence-corrected chi connectivity index (χ1v) is 11.5. The van der Waals surface area contributed by atoms with E-state index in [1.54, 1.807) is 36.4 Å². The molecule has 0 unspecified atom stereocenters. The van der Waals surface area contributed by atoms with Crippen LogP contribution in [0.1, 0.15) is 24.8 Å². The molecule has 0 spiro atoms. The first-order valence-electron chi connectivity index (χ1n) is 10.0. The molecule has 0 bridgehead atoms. The summed E-state index contributed by atoms with van der Waals surface area (Å²) in [6.45, 7) is 1.17. The number of anilines is 1. The Hall–Kier alpha value is -3.04. The zero-order valence-electron chi connectivity index (χ0n) is 17.2. The summed E-state index contributed by atoms with van der Waals surface area (Å²) in [5.74, 6) is 1.14. The Morgan fingerprint density at radius 3 is 2.61 bits per heavy atom. The van der Waals surface area contributed by atoms with E-state index < -0.39 is 10.0 Å². The average molecular weight is 445 g/mol. The zero-order valence-corrected chi connectivity index (χ0v) is 18.0. The lowest BCUT2D eigenvalue weighted by atomic mass is 10.2. The van der Waals surface area contributed by atoms with Gasteiger partial charge in [-0.25, -0.2) is 8.42 Å². The highest BCUT2D eigenvalue weighted by Gasteiger charge is 2.29. The van der Waals surface area contributed by atoms with Crippen molar-refractivity contribution in [2.75, 3.05) is 32.3 Å². The molecule has 9 heteroatoms. The van der Waals surface area contributed by atoms with E-state index in [9.17, 15) is 13.2 Å². The summed E-state index contributed by atoms with van der Waals surface area (Å²) in [7, 11) is -2.23. The van der Waals surface area contributed by atoms with Crippen LogP contribution < -0.4 is 19.5 Å². The van der Waals surface area contributed by atoms with Gasteiger partial charge in [-0.1, -0.05) is 12.5 Å². The molecule has 0 radical (unpaired) electrons. The summed E-state index contributed by atoms with van der Waals surface area (Å²) in [5.41, 5.74) is 1.15. The third-order valence-corrected chi connectivity index (χ3v) is 7.11. The van der Waals surface area contributed by atoms with Crippen molar-refractivity contribution in [2.45, 2.75) is 24.2 Å². The molecule has 1 fully saturated rings. The first kappa shape index (κ1) is 21.2. The number of nitrogens with zero attached hydrogens (tertiary/aromatic N) is 1. The maximum absolute atomic E-state index is 13.1. The summed E-state index contributed by atoms with van der Waals surface area (Å²) in [6, 6.07) is 9.97. The molecule has 2 heterocycles. The van der Waals surface area contributed by atoms with Crippen LogP contribution in [0, 0.1) is 0 Å². The number of piperidine rings is 1. The molecule has 2 aliphatic heterocycles. The van der Waals surface area contributed by atoms with Crippen molar-refractivity contribution in [3.05, 3.63) is 48.0 Å². The van der Waals surface area contributed by atoms with Crippen LogP contribution in [0.15, 0.2) is 47.4 Å². The number of carbonyl (C=O) groups is 1. The van der Waals surface area contributed by atoms with Crippen molar-refractivity contribution in [1.29, 1.82) is 0 Å². The van der Waals surface area contributed by atoms with Crippen LogP contribution in [-0.4, -0.2) is 45.6 Å². The van der Waals surface area contributed by atoms with Gasteiger partial charge in [-0.2, -0.15) is 4.31 Å². The Labute approximate surface area is 181 Å². The molecule has 0 atom stereocenters. The van der Waals surface area contributed by atoms with Crippen molar-refractivity contribution >= 4 is 27.7 Å². The second-order valence-electron chi connectivity index (χ2n) is 7.27. The van der Waals surface area contributed by atoms with Gasteiger partial charge in [0.15, 0.2) is 11.5 Å². The second-order valence-corrected chi connectivity index (χ2v) is 9.17. The lowest BCUT2D eigenvalue weighted by molar-refractivity contribution is -0.111. The highest BCUT2D eigenvalue weighted by molar-refractivity contribution is 7.89. The van der Waals surface area contributed by atoms with E-state index in [1.165, 1.54) is 23.6 Å². The van der Waals surface area contributed by atoms with Crippen molar-refractivity contribution in [1.82, 2.24) is 4.31 Å². The molecular formula is C22H24N2O6S. The predicted molar refractivity (Wildman–Crippen MR) is 116 cm³/mol. The number of hydrogen-bond acceptors (Lipinski definition) is 6. The number of amides is 1. The molecule has 2 aromatic carbocycles. The number of benzene rings is 2. The van der Waals surface area contributed by atoms with Gasteiger partial charge in [-0.3, -0.25) is 4.79 Å². The second kappa shape index (κ2) is 8.99. The standard InChI is InChI=1S/C22H24N2O6S/c1-28-19-8-5-16(13-21(19)31(26,27)24-11-3-2-4-12-24)6-10-22(25)23-17-7-9-18-20(14-17)30-15-29-18/h5-10,13-14H,2-4,11-12,15H2,1H3,(H,23,25)/b10-6+. The average Bonchev–Trinajstić information content (AvgIpc) is 3.26. The summed E-state index contributed by atoms with van der Waals surface area (Å²) >= 11 is 0. The highest BCUT2D eigenvalue weighted by atomic mass is 32.2. The van der Waals surface area contributed by atoms with E-state index >= 15 is 0 Å². The Balaban J connectivity index is 1.51. The molecule has 31 heavy (non-hydrogen) atoms. The molecule has 4 rings (SSSR count). The van der Waals surface area contributed by atoms with Crippen molar-refractivity contribution in [2.24, 2.45) is 0 Å². The van der Waals surface area contributed by atoms with Gasteiger partial charge in [0, 0.05) is 30.9 Å². The van der Waals surface area contributed by atoms with Crippen LogP contribution in [-0.2, 0) is 14.8 Å². The van der Waals surface area contributed by atoms with Crippen molar-refractivity contribution in [3.63, 3.8) is 0 Å². The number of sulfonamides is 1. The topological polar surface area (TPSA) is 94.2 Å². The fraction of sp³-hybridized carbons (Fsp3) is 0.318. The zero-order chi connectivity index (χ0) is 21.8. The van der Waals surface area contributed by atoms with Gasteiger partial charge in [0.2, 0.25) is 22.7 Å². The van der Waals surface area contributed by atoms with Crippen LogP contribution in [0.4, 0.5) is 5.69 Å². The largest absolute Gasteiger partial charge is 0.495 e. The number of ether oxygens (including phenoxy) is 3. The van der Waals surface area contributed by atoms with Gasteiger partial charge in [0.05, 0.1) is 7.11 Å². The monoisotopic (exact) mass is 444 g/mol. The van der Waals surface area contributed by atoms with E-state index in [-0.39, 0.29) is 23.3 Å². The normalized spacial score (nSPS) is 16.4. The Bertz CT molecular complexity index is 1110. The molecule has 2 aromatic rings. The van der Waals surface area contributed by atoms with Crippen LogP contribution in [0.2, 0.25) is 0 Å². The van der Waals surface area contributed by atoms with E-state index in [0.717, 1.165) is 19.3 Å². The summed E-state index contributed by atoms with van der Waals surface area (Å²) in [6.07, 6.45) is 5.65. The number of nitrogens with one attached hydrogen (secondary N) is 1. The van der Waals surface area contributed by atoms with E-state index in [0.29, 0.717) is 35.8 Å². The molecule has 0 saturated carbocycles. The third-order valence-electron chi connectivity index (χ3n) is 5.19. The quantitative estimate of drug-likeness (QED) is 0.688. The first-order chi connectivity index (χ1) is 15.0. The lowest BCUT2D eigenvalue weighted by Crippen LogP contribution is -2.35. The summed E-state index contributed by atoms with van der Waals surface area (Å²) < 4.78 is 43.6. The van der Waals surface area contributed by atoms with Crippen LogP contribution in [0.25, 0.3) is 6.08 Å². The lowest BCUT2D eigenvalue weighted by Gasteiger charge is -2.26. The molecule has 8 nitrogen and oxygen atoms in total.